The number of furan rings is 1. The van der Waals surface area contributed by atoms with E-state index in [1.165, 1.54) is 44.3 Å². The number of amides is 1. The van der Waals surface area contributed by atoms with Crippen LogP contribution in [-0.2, 0) is 4.79 Å². The lowest BCUT2D eigenvalue weighted by molar-refractivity contribution is -0.136. The van der Waals surface area contributed by atoms with Crippen LogP contribution in [0, 0.1) is 5.92 Å². The number of hydrogen-bond acceptors (Lipinski definition) is 4. The highest BCUT2D eigenvalue weighted by Gasteiger charge is 2.33. The number of carbonyl (C=O) groups is 1. The monoisotopic (exact) mass is 385 g/mol. The summed E-state index contributed by atoms with van der Waals surface area (Å²) in [6.45, 7) is 9.74. The molecular formula is C23H35N3O2. The van der Waals surface area contributed by atoms with Gasteiger partial charge in [0.2, 0.25) is 5.91 Å². The summed E-state index contributed by atoms with van der Waals surface area (Å²) in [5.41, 5.74) is 1.36. The molecule has 4 heterocycles. The van der Waals surface area contributed by atoms with Crippen molar-refractivity contribution in [2.24, 2.45) is 5.92 Å². The Labute approximate surface area is 169 Å². The van der Waals surface area contributed by atoms with Gasteiger partial charge in [0.15, 0.2) is 0 Å². The molecule has 4 rings (SSSR count). The molecule has 1 amide bonds. The van der Waals surface area contributed by atoms with Gasteiger partial charge in [0.1, 0.15) is 5.76 Å². The molecule has 28 heavy (non-hydrogen) atoms. The molecule has 0 saturated carbocycles. The summed E-state index contributed by atoms with van der Waals surface area (Å²) in [4.78, 5) is 20.0. The van der Waals surface area contributed by atoms with Gasteiger partial charge in [0, 0.05) is 31.6 Å². The largest absolute Gasteiger partial charge is 0.465 e. The number of piperidine rings is 2. The molecule has 3 aliphatic heterocycles. The first-order chi connectivity index (χ1) is 13.7. The third-order valence-corrected chi connectivity index (χ3v) is 6.77. The maximum absolute atomic E-state index is 12.6. The molecule has 5 heteroatoms. The van der Waals surface area contributed by atoms with Crippen molar-refractivity contribution in [3.05, 3.63) is 29.7 Å². The van der Waals surface area contributed by atoms with Gasteiger partial charge in [0.05, 0.1) is 6.26 Å². The van der Waals surface area contributed by atoms with Crippen molar-refractivity contribution >= 4 is 12.0 Å². The molecular weight excluding hydrogens is 350 g/mol. The predicted octanol–water partition coefficient (Wildman–Crippen LogP) is 3.48. The average Bonchev–Trinajstić information content (AvgIpc) is 3.42. The van der Waals surface area contributed by atoms with Crippen molar-refractivity contribution in [3.8, 4) is 0 Å². The van der Waals surface area contributed by atoms with Crippen LogP contribution < -0.4 is 0 Å². The molecule has 0 aromatic carbocycles. The molecule has 154 valence electrons. The number of rotatable bonds is 5. The summed E-state index contributed by atoms with van der Waals surface area (Å²) >= 11 is 0. The molecule has 5 nitrogen and oxygen atoms in total. The van der Waals surface area contributed by atoms with Crippen LogP contribution >= 0.6 is 0 Å². The summed E-state index contributed by atoms with van der Waals surface area (Å²) in [6.07, 6.45) is 10.9. The molecule has 1 aromatic heterocycles. The molecule has 0 N–H and O–H groups in total. The van der Waals surface area contributed by atoms with E-state index in [2.05, 4.69) is 27.7 Å². The minimum atomic E-state index is 0.281. The lowest BCUT2D eigenvalue weighted by Crippen LogP contribution is -2.49. The standard InChI is InChI=1S/C23H35N3O2/c1-19(17-22-5-4-16-28-22)18-24-12-8-21(9-13-24)25-14-6-20(7-15-25)23(27)26-10-2-3-11-26/h4-5,16-17,20-21H,2-3,6-15,18H2,1H3. The quantitative estimate of drug-likeness (QED) is 0.778. The Morgan fingerprint density at radius 1 is 1.07 bits per heavy atom. The zero-order valence-corrected chi connectivity index (χ0v) is 17.3. The Morgan fingerprint density at radius 3 is 2.43 bits per heavy atom. The van der Waals surface area contributed by atoms with Crippen LogP contribution in [0.3, 0.4) is 0 Å². The number of hydrogen-bond donors (Lipinski definition) is 0. The van der Waals surface area contributed by atoms with Gasteiger partial charge in [-0.15, -0.1) is 0 Å². The van der Waals surface area contributed by atoms with E-state index in [1.807, 2.05) is 12.1 Å². The van der Waals surface area contributed by atoms with Gasteiger partial charge >= 0.3 is 0 Å². The smallest absolute Gasteiger partial charge is 0.225 e. The van der Waals surface area contributed by atoms with Crippen LogP contribution in [0.4, 0.5) is 0 Å². The van der Waals surface area contributed by atoms with E-state index in [4.69, 9.17) is 4.42 Å². The van der Waals surface area contributed by atoms with E-state index in [0.717, 1.165) is 51.3 Å². The summed E-state index contributed by atoms with van der Waals surface area (Å²) in [5, 5.41) is 0. The van der Waals surface area contributed by atoms with Crippen LogP contribution in [0.2, 0.25) is 0 Å². The first-order valence-electron chi connectivity index (χ1n) is 11.1. The lowest BCUT2D eigenvalue weighted by atomic mass is 9.92. The van der Waals surface area contributed by atoms with E-state index >= 15 is 0 Å². The highest BCUT2D eigenvalue weighted by Crippen LogP contribution is 2.26. The third kappa shape index (κ3) is 4.87. The fourth-order valence-corrected chi connectivity index (χ4v) is 5.16. The van der Waals surface area contributed by atoms with Crippen molar-refractivity contribution < 1.29 is 9.21 Å². The Bertz CT molecular complexity index is 647. The second kappa shape index (κ2) is 9.27. The van der Waals surface area contributed by atoms with Crippen LogP contribution in [0.1, 0.15) is 51.2 Å². The van der Waals surface area contributed by atoms with E-state index in [1.54, 1.807) is 6.26 Å². The van der Waals surface area contributed by atoms with E-state index in [9.17, 15) is 4.79 Å². The molecule has 3 fully saturated rings. The summed E-state index contributed by atoms with van der Waals surface area (Å²) in [6, 6.07) is 4.65. The van der Waals surface area contributed by atoms with E-state index in [0.29, 0.717) is 11.9 Å². The molecule has 0 spiro atoms. The SMILES string of the molecule is CC(=Cc1ccco1)CN1CCC(N2CCC(C(=O)N3CCCC3)CC2)CC1. The zero-order chi connectivity index (χ0) is 19.3. The van der Waals surface area contributed by atoms with Crippen LogP contribution in [0.5, 0.6) is 0 Å². The average molecular weight is 386 g/mol. The van der Waals surface area contributed by atoms with Crippen LogP contribution in [0.25, 0.3) is 6.08 Å². The van der Waals surface area contributed by atoms with Crippen LogP contribution in [-0.4, -0.2) is 72.5 Å². The van der Waals surface area contributed by atoms with Crippen molar-refractivity contribution in [2.45, 2.75) is 51.5 Å². The Hall–Kier alpha value is -1.59. The Kier molecular flexibility index (Phi) is 6.53. The van der Waals surface area contributed by atoms with Crippen molar-refractivity contribution in [1.82, 2.24) is 14.7 Å². The van der Waals surface area contributed by atoms with Crippen LogP contribution in [0.15, 0.2) is 28.4 Å². The number of nitrogens with zero attached hydrogens (tertiary/aromatic N) is 3. The maximum atomic E-state index is 12.6. The lowest BCUT2D eigenvalue weighted by Gasteiger charge is -2.42. The molecule has 0 radical (unpaired) electrons. The van der Waals surface area contributed by atoms with Gasteiger partial charge in [-0.3, -0.25) is 9.69 Å². The molecule has 0 bridgehead atoms. The Morgan fingerprint density at radius 2 is 1.79 bits per heavy atom. The Balaban J connectivity index is 1.19. The predicted molar refractivity (Wildman–Crippen MR) is 112 cm³/mol. The summed E-state index contributed by atoms with van der Waals surface area (Å²) < 4.78 is 5.42. The van der Waals surface area contributed by atoms with Gasteiger partial charge in [-0.05, 0) is 89.8 Å². The van der Waals surface area contributed by atoms with Gasteiger partial charge < -0.3 is 14.2 Å². The van der Waals surface area contributed by atoms with Crippen molar-refractivity contribution in [1.29, 1.82) is 0 Å². The fourth-order valence-electron chi connectivity index (χ4n) is 5.16. The minimum absolute atomic E-state index is 0.281. The third-order valence-electron chi connectivity index (χ3n) is 6.77. The molecule has 0 atom stereocenters. The van der Waals surface area contributed by atoms with Gasteiger partial charge in [-0.2, -0.15) is 0 Å². The highest BCUT2D eigenvalue weighted by atomic mass is 16.3. The topological polar surface area (TPSA) is 39.9 Å². The number of likely N-dealkylation sites (tertiary alicyclic amines) is 3. The van der Waals surface area contributed by atoms with Gasteiger partial charge in [0.25, 0.3) is 0 Å². The molecule has 0 unspecified atom stereocenters. The van der Waals surface area contributed by atoms with Crippen molar-refractivity contribution in [3.63, 3.8) is 0 Å². The number of carbonyl (C=O) groups excluding carboxylic acids is 1. The van der Waals surface area contributed by atoms with Crippen molar-refractivity contribution in [2.75, 3.05) is 45.8 Å². The van der Waals surface area contributed by atoms with Gasteiger partial charge in [-0.1, -0.05) is 5.57 Å². The first-order valence-corrected chi connectivity index (χ1v) is 11.1. The zero-order valence-electron chi connectivity index (χ0n) is 17.3. The second-order valence-electron chi connectivity index (χ2n) is 8.86. The van der Waals surface area contributed by atoms with Gasteiger partial charge in [-0.25, -0.2) is 0 Å². The highest BCUT2D eigenvalue weighted by molar-refractivity contribution is 5.79. The second-order valence-corrected chi connectivity index (χ2v) is 8.86. The van der Waals surface area contributed by atoms with E-state index in [-0.39, 0.29) is 5.92 Å². The summed E-state index contributed by atoms with van der Waals surface area (Å²) in [5.74, 6) is 1.66. The first kappa shape index (κ1) is 19.7. The van der Waals surface area contributed by atoms with E-state index < -0.39 is 0 Å². The normalized spacial score (nSPS) is 24.2. The minimum Gasteiger partial charge on any atom is -0.465 e. The maximum Gasteiger partial charge on any atom is 0.225 e. The fraction of sp³-hybridized carbons (Fsp3) is 0.696. The molecule has 0 aliphatic carbocycles. The summed E-state index contributed by atoms with van der Waals surface area (Å²) in [7, 11) is 0. The molecule has 3 aliphatic rings. The molecule has 3 saturated heterocycles. The molecule has 1 aromatic rings.